The smallest absolute Gasteiger partial charge is 0.410 e. The van der Waals surface area contributed by atoms with Gasteiger partial charge in [0.1, 0.15) is 11.4 Å². The summed E-state index contributed by atoms with van der Waals surface area (Å²) in [6, 6.07) is 4.34. The van der Waals surface area contributed by atoms with Gasteiger partial charge in [-0.15, -0.1) is 0 Å². The predicted octanol–water partition coefficient (Wildman–Crippen LogP) is 2.22. The third-order valence-corrected chi connectivity index (χ3v) is 5.21. The molecule has 2 aliphatic rings. The Balaban J connectivity index is 1.74. The molecule has 5 amide bonds. The van der Waals surface area contributed by atoms with Crippen LogP contribution >= 0.6 is 0 Å². The average molecular weight is 447 g/mol. The minimum atomic E-state index is -0.580. The summed E-state index contributed by atoms with van der Waals surface area (Å²) in [5, 5.41) is 2.28. The maximum Gasteiger partial charge on any atom is 0.410 e. The maximum atomic E-state index is 13.2. The van der Waals surface area contributed by atoms with Crippen LogP contribution in [0.15, 0.2) is 18.2 Å². The molecule has 174 valence electrons. The van der Waals surface area contributed by atoms with E-state index in [0.717, 1.165) is 0 Å². The summed E-state index contributed by atoms with van der Waals surface area (Å²) in [5.41, 5.74) is 0.244. The van der Waals surface area contributed by atoms with Crippen molar-refractivity contribution in [1.29, 1.82) is 0 Å². The molecule has 0 radical (unpaired) electrons. The Kier molecular flexibility index (Phi) is 6.90. The minimum Gasteiger partial charge on any atom is -0.495 e. The third-order valence-electron chi connectivity index (χ3n) is 5.21. The van der Waals surface area contributed by atoms with Gasteiger partial charge in [0.05, 0.1) is 12.8 Å². The van der Waals surface area contributed by atoms with Gasteiger partial charge in [0.25, 0.3) is 5.91 Å². The molecular weight excluding hydrogens is 416 g/mol. The molecule has 1 aromatic carbocycles. The second-order valence-electron chi connectivity index (χ2n) is 8.75. The maximum absolute atomic E-state index is 13.2. The molecule has 0 aliphatic carbocycles. The Bertz CT molecular complexity index is 910. The normalized spacial score (nSPS) is 17.6. The lowest BCUT2D eigenvalue weighted by Gasteiger charge is -2.28. The SMILES string of the molecule is COc1ccc(C(=O)N2CCCN(C(=O)OC(C)(C)C)CC2)cc1N1CCC(=O)NC1=O. The quantitative estimate of drug-likeness (QED) is 0.763. The van der Waals surface area contributed by atoms with Crippen LogP contribution in [0.4, 0.5) is 15.3 Å². The lowest BCUT2D eigenvalue weighted by Crippen LogP contribution is -2.49. The molecule has 0 unspecified atom stereocenters. The monoisotopic (exact) mass is 446 g/mol. The van der Waals surface area contributed by atoms with Crippen LogP contribution in [0.25, 0.3) is 0 Å². The number of benzene rings is 1. The Labute approximate surface area is 187 Å². The first kappa shape index (κ1) is 23.4. The first-order valence-electron chi connectivity index (χ1n) is 10.7. The summed E-state index contributed by atoms with van der Waals surface area (Å²) in [7, 11) is 1.48. The van der Waals surface area contributed by atoms with Gasteiger partial charge in [-0.25, -0.2) is 9.59 Å². The minimum absolute atomic E-state index is 0.166. The molecule has 0 spiro atoms. The fraction of sp³-hybridized carbons (Fsp3) is 0.545. The molecule has 2 fully saturated rings. The molecule has 0 atom stereocenters. The first-order chi connectivity index (χ1) is 15.1. The van der Waals surface area contributed by atoms with Crippen molar-refractivity contribution in [3.8, 4) is 5.75 Å². The largest absolute Gasteiger partial charge is 0.495 e. The van der Waals surface area contributed by atoms with Crippen LogP contribution in [0, 0.1) is 0 Å². The molecule has 1 aromatic rings. The number of hydrogen-bond acceptors (Lipinski definition) is 6. The number of nitrogens with one attached hydrogen (secondary N) is 1. The molecule has 3 rings (SSSR count). The van der Waals surface area contributed by atoms with E-state index in [4.69, 9.17) is 9.47 Å². The number of ether oxygens (including phenoxy) is 2. The van der Waals surface area contributed by atoms with E-state index in [2.05, 4.69) is 5.32 Å². The van der Waals surface area contributed by atoms with Gasteiger partial charge in [0.2, 0.25) is 5.91 Å². The topological polar surface area (TPSA) is 108 Å². The van der Waals surface area contributed by atoms with Crippen LogP contribution in [0.5, 0.6) is 5.75 Å². The molecule has 1 N–H and O–H groups in total. The average Bonchev–Trinajstić information content (AvgIpc) is 2.98. The zero-order valence-corrected chi connectivity index (χ0v) is 19.0. The van der Waals surface area contributed by atoms with Gasteiger partial charge in [-0.3, -0.25) is 19.8 Å². The van der Waals surface area contributed by atoms with E-state index in [0.29, 0.717) is 49.6 Å². The number of hydrogen-bond donors (Lipinski definition) is 1. The molecule has 2 aliphatic heterocycles. The van der Waals surface area contributed by atoms with Gasteiger partial charge in [-0.05, 0) is 45.4 Å². The van der Waals surface area contributed by atoms with Gasteiger partial charge in [0, 0.05) is 44.7 Å². The Morgan fingerprint density at radius 3 is 2.34 bits per heavy atom. The summed E-state index contributed by atoms with van der Waals surface area (Å²) in [5.74, 6) is -0.108. The van der Waals surface area contributed by atoms with E-state index < -0.39 is 11.6 Å². The van der Waals surface area contributed by atoms with Crippen molar-refractivity contribution >= 4 is 29.6 Å². The summed E-state index contributed by atoms with van der Waals surface area (Å²) < 4.78 is 10.8. The molecule has 32 heavy (non-hydrogen) atoms. The van der Waals surface area contributed by atoms with Crippen molar-refractivity contribution in [1.82, 2.24) is 15.1 Å². The highest BCUT2D eigenvalue weighted by molar-refractivity contribution is 6.07. The first-order valence-corrected chi connectivity index (χ1v) is 10.7. The van der Waals surface area contributed by atoms with Crippen molar-refractivity contribution in [2.24, 2.45) is 0 Å². The third kappa shape index (κ3) is 5.49. The van der Waals surface area contributed by atoms with Gasteiger partial charge in [-0.2, -0.15) is 0 Å². The van der Waals surface area contributed by atoms with Crippen molar-refractivity contribution in [3.63, 3.8) is 0 Å². The number of methoxy groups -OCH3 is 1. The molecule has 2 heterocycles. The van der Waals surface area contributed by atoms with E-state index in [1.807, 2.05) is 20.8 Å². The van der Waals surface area contributed by atoms with Crippen molar-refractivity contribution < 1.29 is 28.7 Å². The highest BCUT2D eigenvalue weighted by Gasteiger charge is 2.29. The lowest BCUT2D eigenvalue weighted by atomic mass is 10.1. The van der Waals surface area contributed by atoms with Crippen molar-refractivity contribution in [3.05, 3.63) is 23.8 Å². The molecule has 10 heteroatoms. The number of anilines is 1. The number of amides is 5. The molecule has 10 nitrogen and oxygen atoms in total. The van der Waals surface area contributed by atoms with Gasteiger partial charge < -0.3 is 19.3 Å². The fourth-order valence-electron chi connectivity index (χ4n) is 3.64. The second-order valence-corrected chi connectivity index (χ2v) is 8.75. The standard InChI is InChI=1S/C22H30N4O6/c1-22(2,3)32-21(30)25-10-5-9-24(12-13-25)19(28)15-6-7-17(31-4)16(14-15)26-11-8-18(27)23-20(26)29/h6-7,14H,5,8-13H2,1-4H3,(H,23,27,29). The highest BCUT2D eigenvalue weighted by atomic mass is 16.6. The van der Waals surface area contributed by atoms with Gasteiger partial charge >= 0.3 is 12.1 Å². The van der Waals surface area contributed by atoms with E-state index in [9.17, 15) is 19.2 Å². The number of rotatable bonds is 3. The van der Waals surface area contributed by atoms with Crippen LogP contribution in [0.2, 0.25) is 0 Å². The van der Waals surface area contributed by atoms with Crippen LogP contribution < -0.4 is 15.0 Å². The van der Waals surface area contributed by atoms with Crippen molar-refractivity contribution in [2.75, 3.05) is 44.7 Å². The van der Waals surface area contributed by atoms with Crippen LogP contribution in [-0.2, 0) is 9.53 Å². The summed E-state index contributed by atoms with van der Waals surface area (Å²) in [4.78, 5) is 54.1. The summed E-state index contributed by atoms with van der Waals surface area (Å²) >= 11 is 0. The van der Waals surface area contributed by atoms with Crippen molar-refractivity contribution in [2.45, 2.75) is 39.2 Å². The van der Waals surface area contributed by atoms with Crippen LogP contribution in [0.1, 0.15) is 44.0 Å². The Morgan fingerprint density at radius 2 is 1.69 bits per heavy atom. The number of imide groups is 1. The van der Waals surface area contributed by atoms with E-state index in [-0.39, 0.29) is 30.9 Å². The number of carbonyl (C=O) groups is 4. The molecule has 0 saturated carbocycles. The molecule has 0 aromatic heterocycles. The fourth-order valence-corrected chi connectivity index (χ4v) is 3.64. The van der Waals surface area contributed by atoms with Gasteiger partial charge in [-0.1, -0.05) is 0 Å². The second kappa shape index (κ2) is 9.46. The van der Waals surface area contributed by atoms with E-state index >= 15 is 0 Å². The molecular formula is C22H30N4O6. The Hall–Kier alpha value is -3.30. The predicted molar refractivity (Wildman–Crippen MR) is 117 cm³/mol. The Morgan fingerprint density at radius 1 is 1.00 bits per heavy atom. The molecule has 2 saturated heterocycles. The summed E-state index contributed by atoms with van der Waals surface area (Å²) in [6.45, 7) is 7.41. The number of carbonyl (C=O) groups excluding carboxylic acids is 4. The lowest BCUT2D eigenvalue weighted by molar-refractivity contribution is -0.120. The van der Waals surface area contributed by atoms with Gasteiger partial charge in [0.15, 0.2) is 0 Å². The van der Waals surface area contributed by atoms with E-state index in [1.165, 1.54) is 12.0 Å². The number of urea groups is 1. The van der Waals surface area contributed by atoms with E-state index in [1.54, 1.807) is 28.0 Å². The number of nitrogens with zero attached hydrogens (tertiary/aromatic N) is 3. The molecule has 0 bridgehead atoms. The zero-order chi connectivity index (χ0) is 23.5. The summed E-state index contributed by atoms with van der Waals surface area (Å²) in [6.07, 6.45) is 0.411. The van der Waals surface area contributed by atoms with Crippen LogP contribution in [-0.4, -0.2) is 79.2 Å². The van der Waals surface area contributed by atoms with Crippen LogP contribution in [0.3, 0.4) is 0 Å². The highest BCUT2D eigenvalue weighted by Crippen LogP contribution is 2.31. The zero-order valence-electron chi connectivity index (χ0n) is 19.0.